The monoisotopic (exact) mass is 408 g/mol. The van der Waals surface area contributed by atoms with Crippen molar-refractivity contribution in [3.8, 4) is 5.75 Å². The van der Waals surface area contributed by atoms with E-state index in [-0.39, 0.29) is 5.78 Å². The number of halogens is 1. The van der Waals surface area contributed by atoms with Gasteiger partial charge in [-0.25, -0.2) is 0 Å². The maximum Gasteiger partial charge on any atom is 0.202 e. The van der Waals surface area contributed by atoms with E-state index in [1.54, 1.807) is 0 Å². The third kappa shape index (κ3) is 3.11. The summed E-state index contributed by atoms with van der Waals surface area (Å²) in [5.41, 5.74) is 0.729. The van der Waals surface area contributed by atoms with Crippen LogP contribution in [0.2, 0.25) is 0 Å². The van der Waals surface area contributed by atoms with Gasteiger partial charge in [-0.3, -0.25) is 4.79 Å². The molecule has 2 nitrogen and oxygen atoms in total. The number of carbonyl (C=O) groups is 1. The van der Waals surface area contributed by atoms with Crippen LogP contribution < -0.4 is 4.74 Å². The molecule has 1 heterocycles. The first-order valence-corrected chi connectivity index (χ1v) is 8.53. The van der Waals surface area contributed by atoms with E-state index in [0.717, 1.165) is 29.8 Å². The molecule has 0 amide bonds. The SMILES string of the molecule is CCOc1ccc2cc(C(=O)c3ccc(I)cc3)sc2c1. The molecule has 2 aromatic carbocycles. The molecule has 21 heavy (non-hydrogen) atoms. The van der Waals surface area contributed by atoms with Gasteiger partial charge in [-0.05, 0) is 83.4 Å². The van der Waals surface area contributed by atoms with E-state index in [1.807, 2.05) is 55.5 Å². The fourth-order valence-electron chi connectivity index (χ4n) is 2.12. The van der Waals surface area contributed by atoms with Crippen molar-refractivity contribution in [2.75, 3.05) is 6.61 Å². The normalized spacial score (nSPS) is 10.8. The first-order valence-electron chi connectivity index (χ1n) is 6.64. The first-order chi connectivity index (χ1) is 10.2. The number of carbonyl (C=O) groups excluding carboxylic acids is 1. The van der Waals surface area contributed by atoms with E-state index in [9.17, 15) is 4.79 Å². The highest BCUT2D eigenvalue weighted by molar-refractivity contribution is 14.1. The zero-order chi connectivity index (χ0) is 14.8. The zero-order valence-corrected chi connectivity index (χ0v) is 14.4. The predicted molar refractivity (Wildman–Crippen MR) is 95.6 cm³/mol. The number of ether oxygens (including phenoxy) is 1. The molecule has 0 aliphatic heterocycles. The van der Waals surface area contributed by atoms with Crippen LogP contribution in [0.1, 0.15) is 22.2 Å². The predicted octanol–water partition coefficient (Wildman–Crippen LogP) is 5.14. The Morgan fingerprint density at radius 3 is 2.62 bits per heavy atom. The lowest BCUT2D eigenvalue weighted by atomic mass is 10.1. The molecular weight excluding hydrogens is 395 g/mol. The fraction of sp³-hybridized carbons (Fsp3) is 0.118. The molecular formula is C17H13IO2S. The van der Waals surface area contributed by atoms with E-state index < -0.39 is 0 Å². The van der Waals surface area contributed by atoms with E-state index in [4.69, 9.17) is 4.74 Å². The largest absolute Gasteiger partial charge is 0.494 e. The minimum Gasteiger partial charge on any atom is -0.494 e. The van der Waals surface area contributed by atoms with Crippen LogP contribution in [0.5, 0.6) is 5.75 Å². The maximum atomic E-state index is 12.5. The van der Waals surface area contributed by atoms with Gasteiger partial charge in [-0.15, -0.1) is 11.3 Å². The second-order valence-electron chi connectivity index (χ2n) is 4.58. The molecule has 0 bridgehead atoms. The number of rotatable bonds is 4. The van der Waals surface area contributed by atoms with Gasteiger partial charge in [0.1, 0.15) is 5.75 Å². The fourth-order valence-corrected chi connectivity index (χ4v) is 3.54. The van der Waals surface area contributed by atoms with E-state index >= 15 is 0 Å². The van der Waals surface area contributed by atoms with Gasteiger partial charge in [0.2, 0.25) is 5.78 Å². The van der Waals surface area contributed by atoms with Crippen molar-refractivity contribution in [3.63, 3.8) is 0 Å². The molecule has 106 valence electrons. The van der Waals surface area contributed by atoms with E-state index in [0.29, 0.717) is 6.61 Å². The molecule has 0 aliphatic rings. The molecule has 3 aromatic rings. The average molecular weight is 408 g/mol. The van der Waals surface area contributed by atoms with Gasteiger partial charge in [0, 0.05) is 13.8 Å². The number of benzene rings is 2. The van der Waals surface area contributed by atoms with Crippen LogP contribution in [0.4, 0.5) is 0 Å². The Balaban J connectivity index is 1.96. The molecule has 0 aliphatic carbocycles. The van der Waals surface area contributed by atoms with Gasteiger partial charge < -0.3 is 4.74 Å². The molecule has 0 saturated heterocycles. The Labute approximate surface area is 140 Å². The highest BCUT2D eigenvalue weighted by Gasteiger charge is 2.13. The summed E-state index contributed by atoms with van der Waals surface area (Å²) in [6, 6.07) is 15.5. The van der Waals surface area contributed by atoms with Crippen molar-refractivity contribution in [2.24, 2.45) is 0 Å². The molecule has 0 saturated carbocycles. The second-order valence-corrected chi connectivity index (χ2v) is 6.91. The number of hydrogen-bond donors (Lipinski definition) is 0. The molecule has 3 rings (SSSR count). The second kappa shape index (κ2) is 6.15. The molecule has 0 spiro atoms. The summed E-state index contributed by atoms with van der Waals surface area (Å²) in [5, 5.41) is 1.08. The van der Waals surface area contributed by atoms with Crippen LogP contribution in [-0.4, -0.2) is 12.4 Å². The summed E-state index contributed by atoms with van der Waals surface area (Å²) in [6.45, 7) is 2.61. The Hall–Kier alpha value is -1.40. The Morgan fingerprint density at radius 2 is 1.90 bits per heavy atom. The van der Waals surface area contributed by atoms with Gasteiger partial charge in [0.05, 0.1) is 11.5 Å². The smallest absolute Gasteiger partial charge is 0.202 e. The van der Waals surface area contributed by atoms with Crippen LogP contribution in [0, 0.1) is 3.57 Å². The van der Waals surface area contributed by atoms with Gasteiger partial charge in [0.15, 0.2) is 0 Å². The summed E-state index contributed by atoms with van der Waals surface area (Å²) in [6.07, 6.45) is 0. The molecule has 0 N–H and O–H groups in total. The summed E-state index contributed by atoms with van der Waals surface area (Å²) in [7, 11) is 0. The minimum absolute atomic E-state index is 0.0746. The summed E-state index contributed by atoms with van der Waals surface area (Å²) >= 11 is 3.75. The number of ketones is 1. The molecule has 4 heteroatoms. The number of fused-ring (bicyclic) bond motifs is 1. The number of thiophene rings is 1. The Bertz CT molecular complexity index is 790. The minimum atomic E-state index is 0.0746. The van der Waals surface area contributed by atoms with Crippen molar-refractivity contribution >= 4 is 49.8 Å². The average Bonchev–Trinajstić information content (AvgIpc) is 2.91. The highest BCUT2D eigenvalue weighted by Crippen LogP contribution is 2.30. The van der Waals surface area contributed by atoms with Crippen LogP contribution in [0.15, 0.2) is 48.5 Å². The lowest BCUT2D eigenvalue weighted by Crippen LogP contribution is -1.97. The van der Waals surface area contributed by atoms with Crippen molar-refractivity contribution in [1.29, 1.82) is 0 Å². The number of hydrogen-bond acceptors (Lipinski definition) is 3. The molecule has 0 atom stereocenters. The molecule has 1 aromatic heterocycles. The topological polar surface area (TPSA) is 26.3 Å². The van der Waals surface area contributed by atoms with Crippen molar-refractivity contribution in [2.45, 2.75) is 6.92 Å². The van der Waals surface area contributed by atoms with Crippen LogP contribution in [0.3, 0.4) is 0 Å². The zero-order valence-electron chi connectivity index (χ0n) is 11.4. The third-order valence-electron chi connectivity index (χ3n) is 3.13. The maximum absolute atomic E-state index is 12.5. The highest BCUT2D eigenvalue weighted by atomic mass is 127. The van der Waals surface area contributed by atoms with Crippen LogP contribution in [-0.2, 0) is 0 Å². The van der Waals surface area contributed by atoms with Crippen molar-refractivity contribution in [3.05, 3.63) is 62.5 Å². The molecule has 0 radical (unpaired) electrons. The summed E-state index contributed by atoms with van der Waals surface area (Å²) < 4.78 is 7.71. The lowest BCUT2D eigenvalue weighted by molar-refractivity contribution is 0.104. The van der Waals surface area contributed by atoms with Gasteiger partial charge in [-0.1, -0.05) is 0 Å². The third-order valence-corrected chi connectivity index (χ3v) is 4.95. The first kappa shape index (κ1) is 14.5. The quantitative estimate of drug-likeness (QED) is 0.442. The summed E-state index contributed by atoms with van der Waals surface area (Å²) in [5.74, 6) is 0.922. The van der Waals surface area contributed by atoms with Gasteiger partial charge >= 0.3 is 0 Å². The lowest BCUT2D eigenvalue weighted by Gasteiger charge is -2.01. The Kier molecular flexibility index (Phi) is 4.26. The summed E-state index contributed by atoms with van der Waals surface area (Å²) in [4.78, 5) is 13.3. The van der Waals surface area contributed by atoms with Crippen LogP contribution in [0.25, 0.3) is 10.1 Å². The van der Waals surface area contributed by atoms with E-state index in [2.05, 4.69) is 22.6 Å². The van der Waals surface area contributed by atoms with E-state index in [1.165, 1.54) is 11.3 Å². The van der Waals surface area contributed by atoms with Gasteiger partial charge in [-0.2, -0.15) is 0 Å². The standard InChI is InChI=1S/C17H13IO2S/c1-2-20-14-8-5-12-9-16(21-15(12)10-14)17(19)11-3-6-13(18)7-4-11/h3-10H,2H2,1H3. The molecule has 0 fully saturated rings. The van der Waals surface area contributed by atoms with Crippen molar-refractivity contribution in [1.82, 2.24) is 0 Å². The van der Waals surface area contributed by atoms with Gasteiger partial charge in [0.25, 0.3) is 0 Å². The Morgan fingerprint density at radius 1 is 1.14 bits per heavy atom. The van der Waals surface area contributed by atoms with Crippen LogP contribution >= 0.6 is 33.9 Å². The van der Waals surface area contributed by atoms with Crippen molar-refractivity contribution < 1.29 is 9.53 Å². The molecule has 0 unspecified atom stereocenters.